The highest BCUT2D eigenvalue weighted by Crippen LogP contribution is 2.13. The molecule has 1 unspecified atom stereocenters. The molecule has 0 aliphatic rings. The normalized spacial score (nSPS) is 12.4. The topological polar surface area (TPSA) is 78.9 Å². The Morgan fingerprint density at radius 3 is 1.04 bits per heavy atom. The van der Waals surface area contributed by atoms with Crippen molar-refractivity contribution in [3.63, 3.8) is 0 Å². The van der Waals surface area contributed by atoms with Crippen LogP contribution in [0.5, 0.6) is 0 Å². The highest BCUT2D eigenvalue weighted by Gasteiger charge is 2.19. The lowest BCUT2D eigenvalue weighted by Crippen LogP contribution is -2.30. The van der Waals surface area contributed by atoms with Crippen LogP contribution in [0.25, 0.3) is 0 Å². The molecular formula is C49H86O6. The van der Waals surface area contributed by atoms with E-state index in [9.17, 15) is 14.4 Å². The molecule has 0 saturated heterocycles. The molecular weight excluding hydrogens is 685 g/mol. The van der Waals surface area contributed by atoms with Crippen molar-refractivity contribution in [2.24, 2.45) is 0 Å². The lowest BCUT2D eigenvalue weighted by Gasteiger charge is -2.18. The zero-order valence-electron chi connectivity index (χ0n) is 36.2. The van der Waals surface area contributed by atoms with Crippen LogP contribution in [-0.4, -0.2) is 37.2 Å². The third kappa shape index (κ3) is 42.4. The maximum atomic E-state index is 12.7. The average molecular weight is 771 g/mol. The summed E-state index contributed by atoms with van der Waals surface area (Å²) in [4.78, 5) is 37.7. The Morgan fingerprint density at radius 1 is 0.364 bits per heavy atom. The Labute approximate surface area is 339 Å². The molecule has 6 nitrogen and oxygen atoms in total. The minimum Gasteiger partial charge on any atom is -0.462 e. The molecule has 0 aliphatic heterocycles. The minimum absolute atomic E-state index is 0.0913. The van der Waals surface area contributed by atoms with Crippen LogP contribution in [0.3, 0.4) is 0 Å². The summed E-state index contributed by atoms with van der Waals surface area (Å²) in [5.41, 5.74) is 0. The lowest BCUT2D eigenvalue weighted by molar-refractivity contribution is -0.167. The van der Waals surface area contributed by atoms with Gasteiger partial charge < -0.3 is 14.2 Å². The zero-order chi connectivity index (χ0) is 40.1. The van der Waals surface area contributed by atoms with Gasteiger partial charge in [0, 0.05) is 19.3 Å². The molecule has 0 fully saturated rings. The van der Waals surface area contributed by atoms with Crippen molar-refractivity contribution < 1.29 is 28.6 Å². The summed E-state index contributed by atoms with van der Waals surface area (Å²) in [6, 6.07) is 0. The van der Waals surface area contributed by atoms with Gasteiger partial charge in [0.1, 0.15) is 13.2 Å². The van der Waals surface area contributed by atoms with Crippen LogP contribution < -0.4 is 0 Å². The predicted octanol–water partition coefficient (Wildman–Crippen LogP) is 14.8. The third-order valence-corrected chi connectivity index (χ3v) is 9.86. The molecule has 0 aromatic heterocycles. The Balaban J connectivity index is 4.42. The molecule has 6 heteroatoms. The summed E-state index contributed by atoms with van der Waals surface area (Å²) in [6.07, 6.45) is 51.0. The molecule has 318 valence electrons. The van der Waals surface area contributed by atoms with Crippen LogP contribution in [0.4, 0.5) is 0 Å². The van der Waals surface area contributed by atoms with E-state index in [1.54, 1.807) is 0 Å². The fraction of sp³-hybridized carbons (Fsp3) is 0.776. The summed E-state index contributed by atoms with van der Waals surface area (Å²) in [5, 5.41) is 0. The predicted molar refractivity (Wildman–Crippen MR) is 233 cm³/mol. The van der Waals surface area contributed by atoms with Crippen molar-refractivity contribution in [2.75, 3.05) is 13.2 Å². The van der Waals surface area contributed by atoms with E-state index in [-0.39, 0.29) is 31.1 Å². The fourth-order valence-electron chi connectivity index (χ4n) is 6.29. The quantitative estimate of drug-likeness (QED) is 0.0267. The third-order valence-electron chi connectivity index (χ3n) is 9.86. The van der Waals surface area contributed by atoms with Gasteiger partial charge in [0.05, 0.1) is 0 Å². The van der Waals surface area contributed by atoms with Crippen LogP contribution in [-0.2, 0) is 28.6 Å². The van der Waals surface area contributed by atoms with E-state index in [1.807, 2.05) is 0 Å². The smallest absolute Gasteiger partial charge is 0.306 e. The van der Waals surface area contributed by atoms with E-state index in [0.717, 1.165) is 83.5 Å². The van der Waals surface area contributed by atoms with Gasteiger partial charge in [-0.2, -0.15) is 0 Å². The fourth-order valence-corrected chi connectivity index (χ4v) is 6.29. The summed E-state index contributed by atoms with van der Waals surface area (Å²) >= 11 is 0. The molecule has 0 aromatic rings. The number of unbranched alkanes of at least 4 members (excludes halogenated alkanes) is 24. The van der Waals surface area contributed by atoms with Crippen LogP contribution in [0.1, 0.15) is 226 Å². The molecule has 0 radical (unpaired) electrons. The van der Waals surface area contributed by atoms with E-state index in [4.69, 9.17) is 14.2 Å². The van der Waals surface area contributed by atoms with Crippen LogP contribution in [0, 0.1) is 0 Å². The highest BCUT2D eigenvalue weighted by atomic mass is 16.6. The molecule has 0 bridgehead atoms. The number of carbonyl (C=O) groups excluding carboxylic acids is 3. The van der Waals surface area contributed by atoms with Crippen LogP contribution in [0.15, 0.2) is 48.6 Å². The molecule has 0 heterocycles. The van der Waals surface area contributed by atoms with Crippen molar-refractivity contribution >= 4 is 17.9 Å². The SMILES string of the molecule is CCCC/C=C\C=C/CCCCCC(=O)OC(COC(=O)CCCCC/C=C\C=C/CCCCCCCCC)COC(=O)CCCCCCCCCCCC. The first-order valence-electron chi connectivity index (χ1n) is 23.2. The summed E-state index contributed by atoms with van der Waals surface area (Å²) in [5.74, 6) is -0.949. The maximum absolute atomic E-state index is 12.7. The number of allylic oxidation sites excluding steroid dienone is 8. The van der Waals surface area contributed by atoms with E-state index < -0.39 is 6.10 Å². The van der Waals surface area contributed by atoms with E-state index in [1.165, 1.54) is 103 Å². The minimum atomic E-state index is -0.792. The van der Waals surface area contributed by atoms with Crippen molar-refractivity contribution in [3.8, 4) is 0 Å². The Morgan fingerprint density at radius 2 is 0.655 bits per heavy atom. The maximum Gasteiger partial charge on any atom is 0.306 e. The van der Waals surface area contributed by atoms with E-state index >= 15 is 0 Å². The average Bonchev–Trinajstić information content (AvgIpc) is 3.18. The van der Waals surface area contributed by atoms with Crippen molar-refractivity contribution in [2.45, 2.75) is 232 Å². The van der Waals surface area contributed by atoms with Gasteiger partial charge in [0.15, 0.2) is 6.10 Å². The molecule has 0 amide bonds. The van der Waals surface area contributed by atoms with Gasteiger partial charge in [-0.3, -0.25) is 14.4 Å². The molecule has 0 spiro atoms. The number of ether oxygens (including phenoxy) is 3. The van der Waals surface area contributed by atoms with Crippen molar-refractivity contribution in [1.29, 1.82) is 0 Å². The van der Waals surface area contributed by atoms with Gasteiger partial charge >= 0.3 is 17.9 Å². The second-order valence-corrected chi connectivity index (χ2v) is 15.4. The highest BCUT2D eigenvalue weighted by molar-refractivity contribution is 5.71. The number of hydrogen-bond donors (Lipinski definition) is 0. The second-order valence-electron chi connectivity index (χ2n) is 15.4. The molecule has 0 aromatic carbocycles. The number of rotatable bonds is 41. The molecule has 0 rings (SSSR count). The van der Waals surface area contributed by atoms with Crippen LogP contribution >= 0.6 is 0 Å². The summed E-state index contributed by atoms with van der Waals surface area (Å²) in [6.45, 7) is 6.51. The molecule has 0 saturated carbocycles. The summed E-state index contributed by atoms with van der Waals surface area (Å²) in [7, 11) is 0. The largest absolute Gasteiger partial charge is 0.462 e. The standard InChI is InChI=1S/C49H86O6/c1-4-7-10-13-16-19-22-23-24-25-26-28-30-33-36-39-42-48(51)54-45-46(44-53-47(50)41-38-35-32-29-21-18-15-12-9-6-3)55-49(52)43-40-37-34-31-27-20-17-14-11-8-5-2/h14,17,20,24-28,46H,4-13,15-16,18-19,21-23,29-45H2,1-3H3/b17-14-,25-24-,27-20-,28-26-. The van der Waals surface area contributed by atoms with E-state index in [0.29, 0.717) is 19.3 Å². The molecule has 55 heavy (non-hydrogen) atoms. The van der Waals surface area contributed by atoms with Gasteiger partial charge in [-0.25, -0.2) is 0 Å². The van der Waals surface area contributed by atoms with Gasteiger partial charge in [-0.05, 0) is 64.2 Å². The zero-order valence-corrected chi connectivity index (χ0v) is 36.2. The lowest BCUT2D eigenvalue weighted by atomic mass is 10.1. The number of esters is 3. The molecule has 0 N–H and O–H groups in total. The van der Waals surface area contributed by atoms with Gasteiger partial charge in [-0.1, -0.05) is 191 Å². The van der Waals surface area contributed by atoms with Crippen LogP contribution in [0.2, 0.25) is 0 Å². The Kier molecular flexibility index (Phi) is 42.0. The first-order valence-corrected chi connectivity index (χ1v) is 23.2. The Bertz CT molecular complexity index is 980. The second kappa shape index (κ2) is 44.1. The first-order chi connectivity index (χ1) is 27.0. The first kappa shape index (κ1) is 52.4. The van der Waals surface area contributed by atoms with Crippen molar-refractivity contribution in [3.05, 3.63) is 48.6 Å². The molecule has 1 atom stereocenters. The molecule has 0 aliphatic carbocycles. The van der Waals surface area contributed by atoms with Gasteiger partial charge in [-0.15, -0.1) is 0 Å². The van der Waals surface area contributed by atoms with Crippen molar-refractivity contribution in [1.82, 2.24) is 0 Å². The van der Waals surface area contributed by atoms with Gasteiger partial charge in [0.2, 0.25) is 0 Å². The number of hydrogen-bond acceptors (Lipinski definition) is 6. The van der Waals surface area contributed by atoms with E-state index in [2.05, 4.69) is 69.4 Å². The monoisotopic (exact) mass is 771 g/mol. The summed E-state index contributed by atoms with van der Waals surface area (Å²) < 4.78 is 16.6. The Hall–Kier alpha value is -2.63. The number of carbonyl (C=O) groups is 3. The van der Waals surface area contributed by atoms with Gasteiger partial charge in [0.25, 0.3) is 0 Å².